The van der Waals surface area contributed by atoms with Crippen molar-refractivity contribution in [1.82, 2.24) is 0 Å². The van der Waals surface area contributed by atoms with Gasteiger partial charge in [0.25, 0.3) is 5.97 Å². The van der Waals surface area contributed by atoms with E-state index in [-0.39, 0.29) is 5.97 Å². The quantitative estimate of drug-likeness (QED) is 0.330. The van der Waals surface area contributed by atoms with Gasteiger partial charge >= 0.3 is 0 Å². The highest BCUT2D eigenvalue weighted by molar-refractivity contribution is 6.53. The van der Waals surface area contributed by atoms with Crippen LogP contribution in [0.15, 0.2) is 0 Å². The summed E-state index contributed by atoms with van der Waals surface area (Å²) >= 11 is 0. The standard InChI is InChI=1S/C11H22O5Si/c1-10(12)16-17(7-5-13-2)6-3-4-14-8-11-9-15-11/h11,17H,3-9H2,1-2H3. The van der Waals surface area contributed by atoms with E-state index >= 15 is 0 Å². The third kappa shape index (κ3) is 8.31. The summed E-state index contributed by atoms with van der Waals surface area (Å²) in [6.07, 6.45) is 1.27. The molecule has 0 bridgehead atoms. The molecular weight excluding hydrogens is 240 g/mol. The number of carbonyl (C=O) groups excluding carboxylic acids is 1. The second-order valence-electron chi connectivity index (χ2n) is 4.19. The highest BCUT2D eigenvalue weighted by Crippen LogP contribution is 2.10. The summed E-state index contributed by atoms with van der Waals surface area (Å²) in [5, 5.41) is 0. The molecule has 1 fully saturated rings. The van der Waals surface area contributed by atoms with Gasteiger partial charge in [0.1, 0.15) is 6.10 Å². The fourth-order valence-corrected chi connectivity index (χ4v) is 3.65. The van der Waals surface area contributed by atoms with Gasteiger partial charge in [0.15, 0.2) is 0 Å². The summed E-state index contributed by atoms with van der Waals surface area (Å²) in [5.74, 6) is -0.176. The number of hydrogen-bond acceptors (Lipinski definition) is 5. The molecule has 0 N–H and O–H groups in total. The Morgan fingerprint density at radius 3 is 2.76 bits per heavy atom. The molecule has 1 aliphatic rings. The Labute approximate surface area is 104 Å². The van der Waals surface area contributed by atoms with Crippen LogP contribution in [0.25, 0.3) is 0 Å². The Hall–Kier alpha value is -0.433. The predicted octanol–water partition coefficient (Wildman–Crippen LogP) is 0.725. The van der Waals surface area contributed by atoms with Crippen LogP contribution in [0.1, 0.15) is 13.3 Å². The smallest absolute Gasteiger partial charge is 0.289 e. The molecule has 0 aromatic heterocycles. The first-order valence-corrected chi connectivity index (χ1v) is 8.18. The summed E-state index contributed by atoms with van der Waals surface area (Å²) in [5.41, 5.74) is 0. The van der Waals surface area contributed by atoms with E-state index in [9.17, 15) is 4.79 Å². The largest absolute Gasteiger partial charge is 0.522 e. The first kappa shape index (κ1) is 14.6. The first-order valence-electron chi connectivity index (χ1n) is 6.08. The van der Waals surface area contributed by atoms with Crippen molar-refractivity contribution in [1.29, 1.82) is 0 Å². The van der Waals surface area contributed by atoms with Crippen LogP contribution in [0, 0.1) is 0 Å². The summed E-state index contributed by atoms with van der Waals surface area (Å²) in [6.45, 7) is 4.38. The third-order valence-electron chi connectivity index (χ3n) is 2.50. The number of hydrogen-bond donors (Lipinski definition) is 0. The monoisotopic (exact) mass is 262 g/mol. The molecule has 0 spiro atoms. The van der Waals surface area contributed by atoms with Crippen LogP contribution in [-0.4, -0.2) is 54.7 Å². The SMILES string of the molecule is COCC[SiH](CCCOCC1CO1)OC(C)=O. The molecule has 100 valence electrons. The lowest BCUT2D eigenvalue weighted by atomic mass is 10.5. The van der Waals surface area contributed by atoms with Crippen molar-refractivity contribution in [3.8, 4) is 0 Å². The Kier molecular flexibility index (Phi) is 7.42. The highest BCUT2D eigenvalue weighted by Gasteiger charge is 2.22. The minimum Gasteiger partial charge on any atom is -0.522 e. The second kappa shape index (κ2) is 8.63. The van der Waals surface area contributed by atoms with E-state index in [1.807, 2.05) is 0 Å². The normalized spacial score (nSPS) is 20.0. The van der Waals surface area contributed by atoms with Crippen molar-refractivity contribution in [3.05, 3.63) is 0 Å². The van der Waals surface area contributed by atoms with E-state index in [0.29, 0.717) is 19.3 Å². The average Bonchev–Trinajstić information content (AvgIpc) is 3.08. The fraction of sp³-hybridized carbons (Fsp3) is 0.909. The van der Waals surface area contributed by atoms with Gasteiger partial charge in [-0.25, -0.2) is 0 Å². The molecule has 0 amide bonds. The van der Waals surface area contributed by atoms with E-state index in [1.165, 1.54) is 6.92 Å². The zero-order valence-corrected chi connectivity index (χ0v) is 11.8. The maximum atomic E-state index is 10.9. The molecule has 0 aromatic carbocycles. The van der Waals surface area contributed by atoms with Gasteiger partial charge in [-0.2, -0.15) is 0 Å². The van der Waals surface area contributed by atoms with Crippen molar-refractivity contribution >= 4 is 15.0 Å². The maximum Gasteiger partial charge on any atom is 0.289 e. The van der Waals surface area contributed by atoms with E-state index in [4.69, 9.17) is 18.6 Å². The Morgan fingerprint density at radius 1 is 1.41 bits per heavy atom. The average molecular weight is 262 g/mol. The van der Waals surface area contributed by atoms with E-state index in [2.05, 4.69) is 0 Å². The Balaban J connectivity index is 2.01. The number of epoxide rings is 1. The van der Waals surface area contributed by atoms with Crippen LogP contribution in [0.3, 0.4) is 0 Å². The van der Waals surface area contributed by atoms with Crippen LogP contribution in [0.4, 0.5) is 0 Å². The van der Waals surface area contributed by atoms with E-state index in [1.54, 1.807) is 7.11 Å². The van der Waals surface area contributed by atoms with Gasteiger partial charge in [-0.05, 0) is 18.5 Å². The molecule has 6 heteroatoms. The van der Waals surface area contributed by atoms with Crippen LogP contribution in [-0.2, 0) is 23.4 Å². The summed E-state index contributed by atoms with van der Waals surface area (Å²) in [7, 11) is 0.218. The minimum absolute atomic E-state index is 0.176. The molecule has 2 unspecified atom stereocenters. The van der Waals surface area contributed by atoms with Gasteiger partial charge in [-0.15, -0.1) is 0 Å². The molecule has 5 nitrogen and oxygen atoms in total. The van der Waals surface area contributed by atoms with Crippen LogP contribution in [0.5, 0.6) is 0 Å². The molecule has 0 aliphatic carbocycles. The lowest BCUT2D eigenvalue weighted by molar-refractivity contribution is -0.132. The minimum atomic E-state index is -1.45. The van der Waals surface area contributed by atoms with Gasteiger partial charge in [-0.3, -0.25) is 4.79 Å². The molecule has 1 rings (SSSR count). The van der Waals surface area contributed by atoms with Gasteiger partial charge in [0.05, 0.1) is 13.2 Å². The van der Waals surface area contributed by atoms with Crippen molar-refractivity contribution in [3.63, 3.8) is 0 Å². The Morgan fingerprint density at radius 2 is 2.18 bits per heavy atom. The molecule has 0 aromatic rings. The molecule has 17 heavy (non-hydrogen) atoms. The van der Waals surface area contributed by atoms with Crippen molar-refractivity contribution < 1.29 is 23.4 Å². The van der Waals surface area contributed by atoms with Crippen LogP contribution in [0.2, 0.25) is 12.1 Å². The van der Waals surface area contributed by atoms with Crippen molar-refractivity contribution in [2.45, 2.75) is 31.5 Å². The second-order valence-corrected chi connectivity index (χ2v) is 6.82. The summed E-state index contributed by atoms with van der Waals surface area (Å²) in [6, 6.07) is 1.83. The Bertz CT molecular complexity index is 220. The van der Waals surface area contributed by atoms with Crippen LogP contribution < -0.4 is 0 Å². The van der Waals surface area contributed by atoms with E-state index in [0.717, 1.165) is 31.7 Å². The summed E-state index contributed by atoms with van der Waals surface area (Å²) in [4.78, 5) is 10.9. The number of ether oxygens (including phenoxy) is 3. The maximum absolute atomic E-state index is 10.9. The molecule has 0 radical (unpaired) electrons. The zero-order valence-electron chi connectivity index (χ0n) is 10.6. The van der Waals surface area contributed by atoms with Crippen molar-refractivity contribution in [2.75, 3.05) is 33.5 Å². The van der Waals surface area contributed by atoms with Gasteiger partial charge in [0, 0.05) is 27.2 Å². The first-order chi connectivity index (χ1) is 8.22. The molecule has 2 atom stereocenters. The summed E-state index contributed by atoms with van der Waals surface area (Å²) < 4.78 is 20.8. The topological polar surface area (TPSA) is 57.3 Å². The predicted molar refractivity (Wildman–Crippen MR) is 65.6 cm³/mol. The number of methoxy groups -OCH3 is 1. The lowest BCUT2D eigenvalue weighted by Gasteiger charge is -2.14. The fourth-order valence-electron chi connectivity index (χ4n) is 1.54. The number of rotatable bonds is 10. The van der Waals surface area contributed by atoms with Gasteiger partial charge in [-0.1, -0.05) is 0 Å². The molecule has 1 aliphatic heterocycles. The van der Waals surface area contributed by atoms with Crippen molar-refractivity contribution in [2.24, 2.45) is 0 Å². The molecule has 0 saturated carbocycles. The highest BCUT2D eigenvalue weighted by atomic mass is 28.3. The third-order valence-corrected chi connectivity index (χ3v) is 5.09. The van der Waals surface area contributed by atoms with E-state index < -0.39 is 9.04 Å². The van der Waals surface area contributed by atoms with Gasteiger partial charge < -0.3 is 18.6 Å². The van der Waals surface area contributed by atoms with Crippen LogP contribution >= 0.6 is 0 Å². The zero-order chi connectivity index (χ0) is 12.5. The molecule has 1 saturated heterocycles. The molecule has 1 heterocycles. The molecular formula is C11H22O5Si. The lowest BCUT2D eigenvalue weighted by Crippen LogP contribution is -2.23. The van der Waals surface area contributed by atoms with Gasteiger partial charge in [0.2, 0.25) is 9.04 Å². The number of carbonyl (C=O) groups is 1.